The van der Waals surface area contributed by atoms with E-state index >= 15 is 0 Å². The quantitative estimate of drug-likeness (QED) is 0.760. The molecule has 1 aromatic carbocycles. The van der Waals surface area contributed by atoms with Gasteiger partial charge in [0, 0.05) is 30.9 Å². The molecule has 1 rings (SSSR count). The van der Waals surface area contributed by atoms with Crippen LogP contribution < -0.4 is 4.90 Å². The summed E-state index contributed by atoms with van der Waals surface area (Å²) >= 11 is 0. The molecule has 0 aliphatic rings. The van der Waals surface area contributed by atoms with Crippen LogP contribution >= 0.6 is 0 Å². The second-order valence-electron chi connectivity index (χ2n) is 4.16. The molecule has 0 aliphatic heterocycles. The van der Waals surface area contributed by atoms with Gasteiger partial charge in [0.2, 0.25) is 0 Å². The van der Waals surface area contributed by atoms with Gasteiger partial charge >= 0.3 is 0 Å². The molecule has 0 spiro atoms. The van der Waals surface area contributed by atoms with Crippen molar-refractivity contribution in [2.75, 3.05) is 31.2 Å². The number of hydrogen-bond acceptors (Lipinski definition) is 3. The minimum absolute atomic E-state index is 0.324. The lowest BCUT2D eigenvalue weighted by Crippen LogP contribution is -2.28. The molecule has 1 N–H and O–H groups in total. The average molecular weight is 255 g/mol. The molecule has 0 amide bonds. The van der Waals surface area contributed by atoms with Crippen LogP contribution in [0.5, 0.6) is 0 Å². The third kappa shape index (κ3) is 3.96. The molecular weight excluding hydrogens is 233 g/mol. The van der Waals surface area contributed by atoms with Gasteiger partial charge in [0.05, 0.1) is 12.7 Å². The number of nitrogens with zero attached hydrogens (tertiary/aromatic N) is 1. The molecule has 1 aromatic rings. The number of hydrogen-bond donors (Lipinski definition) is 1. The van der Waals surface area contributed by atoms with Crippen molar-refractivity contribution in [2.45, 2.75) is 26.9 Å². The average Bonchev–Trinajstić information content (AvgIpc) is 2.35. The number of rotatable bonds is 7. The Morgan fingerprint density at radius 1 is 1.39 bits per heavy atom. The molecule has 0 heterocycles. The highest BCUT2D eigenvalue weighted by Crippen LogP contribution is 2.27. The second kappa shape index (κ2) is 7.34. The molecule has 18 heavy (non-hydrogen) atoms. The summed E-state index contributed by atoms with van der Waals surface area (Å²) in [7, 11) is 0. The zero-order valence-electron chi connectivity index (χ0n) is 11.3. The summed E-state index contributed by atoms with van der Waals surface area (Å²) < 4.78 is 18.6. The summed E-state index contributed by atoms with van der Waals surface area (Å²) in [5.74, 6) is -0.324. The van der Waals surface area contributed by atoms with E-state index in [-0.39, 0.29) is 5.82 Å². The Kier molecular flexibility index (Phi) is 6.09. The number of aliphatic hydroxyl groups excluding tert-OH is 1. The van der Waals surface area contributed by atoms with Gasteiger partial charge in [0.15, 0.2) is 0 Å². The summed E-state index contributed by atoms with van der Waals surface area (Å²) in [5.41, 5.74) is 1.49. The van der Waals surface area contributed by atoms with Crippen molar-refractivity contribution in [1.82, 2.24) is 0 Å². The lowest BCUT2D eigenvalue weighted by atomic mass is 10.1. The van der Waals surface area contributed by atoms with Gasteiger partial charge in [-0.25, -0.2) is 4.39 Å². The highest BCUT2D eigenvalue weighted by Gasteiger charge is 2.14. The van der Waals surface area contributed by atoms with Crippen LogP contribution in [0, 0.1) is 5.82 Å². The van der Waals surface area contributed by atoms with E-state index in [4.69, 9.17) is 4.74 Å². The lowest BCUT2D eigenvalue weighted by molar-refractivity contribution is 0.153. The van der Waals surface area contributed by atoms with Crippen molar-refractivity contribution < 1.29 is 14.2 Å². The summed E-state index contributed by atoms with van der Waals surface area (Å²) in [5, 5.41) is 9.72. The number of ether oxygens (including phenoxy) is 1. The van der Waals surface area contributed by atoms with Gasteiger partial charge in [-0.05, 0) is 39.0 Å². The maximum absolute atomic E-state index is 13.2. The van der Waals surface area contributed by atoms with Gasteiger partial charge in [0.1, 0.15) is 5.82 Å². The molecule has 1 atom stereocenters. The Morgan fingerprint density at radius 3 is 2.67 bits per heavy atom. The topological polar surface area (TPSA) is 32.7 Å². The predicted octanol–water partition coefficient (Wildman–Crippen LogP) is 2.74. The Balaban J connectivity index is 2.90. The number of aliphatic hydroxyl groups is 1. The molecule has 0 bridgehead atoms. The molecule has 0 fully saturated rings. The van der Waals surface area contributed by atoms with Crippen molar-refractivity contribution in [2.24, 2.45) is 0 Å². The van der Waals surface area contributed by atoms with Crippen LogP contribution in [-0.2, 0) is 4.74 Å². The summed E-state index contributed by atoms with van der Waals surface area (Å²) in [6, 6.07) is 4.53. The first-order valence-corrected chi connectivity index (χ1v) is 6.40. The molecule has 0 saturated carbocycles. The van der Waals surface area contributed by atoms with E-state index < -0.39 is 6.10 Å². The highest BCUT2D eigenvalue weighted by molar-refractivity contribution is 5.54. The van der Waals surface area contributed by atoms with E-state index in [0.717, 1.165) is 18.8 Å². The molecule has 0 aliphatic carbocycles. The van der Waals surface area contributed by atoms with Crippen molar-refractivity contribution >= 4 is 5.69 Å². The van der Waals surface area contributed by atoms with E-state index in [9.17, 15) is 9.50 Å². The Bertz CT molecular complexity index is 369. The van der Waals surface area contributed by atoms with Crippen molar-refractivity contribution in [3.05, 3.63) is 29.6 Å². The maximum atomic E-state index is 13.2. The van der Waals surface area contributed by atoms with E-state index in [1.165, 1.54) is 12.1 Å². The fourth-order valence-corrected chi connectivity index (χ4v) is 1.92. The second-order valence-corrected chi connectivity index (χ2v) is 4.16. The van der Waals surface area contributed by atoms with Gasteiger partial charge in [-0.3, -0.25) is 0 Å². The molecule has 0 radical (unpaired) electrons. The monoisotopic (exact) mass is 255 g/mol. The standard InChI is InChI=1S/C14H22FNO2/c1-4-16(8-9-18-5-2)14-7-6-12(15)10-13(14)11(3)17/h6-7,10-11,17H,4-5,8-9H2,1-3H3/t11-/m0/s1. The molecule has 0 unspecified atom stereocenters. The molecule has 0 aromatic heterocycles. The Morgan fingerprint density at radius 2 is 2.11 bits per heavy atom. The number of benzene rings is 1. The molecule has 4 heteroatoms. The number of likely N-dealkylation sites (N-methyl/N-ethyl adjacent to an activating group) is 1. The largest absolute Gasteiger partial charge is 0.389 e. The first-order chi connectivity index (χ1) is 8.60. The smallest absolute Gasteiger partial charge is 0.123 e. The summed E-state index contributed by atoms with van der Waals surface area (Å²) in [6.45, 7) is 8.46. The molecular formula is C14H22FNO2. The van der Waals surface area contributed by atoms with Crippen molar-refractivity contribution in [1.29, 1.82) is 0 Å². The van der Waals surface area contributed by atoms with Gasteiger partial charge < -0.3 is 14.7 Å². The lowest BCUT2D eigenvalue weighted by Gasteiger charge is -2.26. The minimum atomic E-state index is -0.683. The zero-order chi connectivity index (χ0) is 13.5. The summed E-state index contributed by atoms with van der Waals surface area (Å²) in [4.78, 5) is 2.08. The first-order valence-electron chi connectivity index (χ1n) is 6.40. The third-order valence-electron chi connectivity index (χ3n) is 2.87. The molecule has 102 valence electrons. The SMILES string of the molecule is CCOCCN(CC)c1ccc(F)cc1[C@H](C)O. The van der Waals surface area contributed by atoms with Gasteiger partial charge in [-0.1, -0.05) is 0 Å². The van der Waals surface area contributed by atoms with E-state index in [1.54, 1.807) is 13.0 Å². The Hall–Kier alpha value is -1.13. The molecule has 3 nitrogen and oxygen atoms in total. The zero-order valence-corrected chi connectivity index (χ0v) is 11.3. The van der Waals surface area contributed by atoms with E-state index in [1.807, 2.05) is 13.8 Å². The summed E-state index contributed by atoms with van der Waals surface area (Å²) in [6.07, 6.45) is -0.683. The highest BCUT2D eigenvalue weighted by atomic mass is 19.1. The van der Waals surface area contributed by atoms with E-state index in [0.29, 0.717) is 18.8 Å². The van der Waals surface area contributed by atoms with Crippen molar-refractivity contribution in [3.63, 3.8) is 0 Å². The predicted molar refractivity (Wildman–Crippen MR) is 71.4 cm³/mol. The van der Waals surface area contributed by atoms with Crippen LogP contribution in [0.1, 0.15) is 32.4 Å². The van der Waals surface area contributed by atoms with Gasteiger partial charge in [0.25, 0.3) is 0 Å². The normalized spacial score (nSPS) is 12.5. The van der Waals surface area contributed by atoms with Crippen LogP contribution in [-0.4, -0.2) is 31.4 Å². The maximum Gasteiger partial charge on any atom is 0.123 e. The fourth-order valence-electron chi connectivity index (χ4n) is 1.92. The Labute approximate surface area is 108 Å². The van der Waals surface area contributed by atoms with Gasteiger partial charge in [-0.15, -0.1) is 0 Å². The van der Waals surface area contributed by atoms with E-state index in [2.05, 4.69) is 4.90 Å². The minimum Gasteiger partial charge on any atom is -0.389 e. The first kappa shape index (κ1) is 14.9. The van der Waals surface area contributed by atoms with Crippen LogP contribution in [0.4, 0.5) is 10.1 Å². The molecule has 0 saturated heterocycles. The third-order valence-corrected chi connectivity index (χ3v) is 2.87. The fraction of sp³-hybridized carbons (Fsp3) is 0.571. The van der Waals surface area contributed by atoms with Gasteiger partial charge in [-0.2, -0.15) is 0 Å². The number of halogens is 1. The van der Waals surface area contributed by atoms with Crippen LogP contribution in [0.15, 0.2) is 18.2 Å². The van der Waals surface area contributed by atoms with Crippen LogP contribution in [0.25, 0.3) is 0 Å². The number of anilines is 1. The van der Waals surface area contributed by atoms with Crippen LogP contribution in [0.2, 0.25) is 0 Å². The van der Waals surface area contributed by atoms with Crippen molar-refractivity contribution in [3.8, 4) is 0 Å². The van der Waals surface area contributed by atoms with Crippen LogP contribution in [0.3, 0.4) is 0 Å².